The molecular weight excluding hydrogens is 638 g/mol. The van der Waals surface area contributed by atoms with Gasteiger partial charge in [0, 0.05) is 49.7 Å². The van der Waals surface area contributed by atoms with Gasteiger partial charge in [0.2, 0.25) is 5.95 Å². The van der Waals surface area contributed by atoms with Crippen LogP contribution < -0.4 is 21.9 Å². The minimum absolute atomic E-state index is 0.00838. The van der Waals surface area contributed by atoms with Gasteiger partial charge < -0.3 is 30.7 Å². The van der Waals surface area contributed by atoms with Crippen molar-refractivity contribution >= 4 is 28.6 Å². The van der Waals surface area contributed by atoms with Crippen molar-refractivity contribution in [3.05, 3.63) is 110 Å². The molecule has 0 bridgehead atoms. The maximum atomic E-state index is 13.3. The zero-order valence-corrected chi connectivity index (χ0v) is 27.6. The van der Waals surface area contributed by atoms with Crippen LogP contribution in [0, 0.1) is 0 Å². The summed E-state index contributed by atoms with van der Waals surface area (Å²) >= 11 is 0. The molecule has 14 heteroatoms. The molecule has 0 radical (unpaired) electrons. The Morgan fingerprint density at radius 2 is 1.62 bits per heavy atom. The minimum atomic E-state index is -0.457. The fraction of sp³-hybridized carbons (Fsp3) is 0.250. The maximum Gasteiger partial charge on any atom is 0.348 e. The molecule has 1 aliphatic rings. The first-order chi connectivity index (χ1) is 24.1. The Labute approximate surface area is 285 Å². The van der Waals surface area contributed by atoms with E-state index >= 15 is 0 Å². The molecule has 0 unspecified atom stereocenters. The van der Waals surface area contributed by atoms with Gasteiger partial charge in [0.15, 0.2) is 5.82 Å². The van der Waals surface area contributed by atoms with E-state index in [0.29, 0.717) is 72.4 Å². The van der Waals surface area contributed by atoms with Crippen molar-refractivity contribution in [1.82, 2.24) is 34.6 Å². The predicted octanol–water partition coefficient (Wildman–Crippen LogP) is 3.66. The number of nitrogen functional groups attached to an aromatic ring is 1. The van der Waals surface area contributed by atoms with Crippen LogP contribution in [0.15, 0.2) is 76.4 Å². The van der Waals surface area contributed by atoms with E-state index in [1.807, 2.05) is 67.3 Å². The molecule has 3 aromatic heterocycles. The fourth-order valence-corrected chi connectivity index (χ4v) is 6.53. The highest BCUT2D eigenvalue weighted by atomic mass is 16.3. The van der Waals surface area contributed by atoms with Crippen LogP contribution in [0.25, 0.3) is 28.1 Å². The Morgan fingerprint density at radius 1 is 0.920 bits per heavy atom. The molecule has 1 saturated heterocycles. The number of fused-ring (bicyclic) bond motifs is 1. The molecule has 0 atom stereocenters. The second-order valence-electron chi connectivity index (χ2n) is 12.8. The third-order valence-corrected chi connectivity index (χ3v) is 9.25. The number of H-pyrrole nitrogens is 3. The lowest BCUT2D eigenvalue weighted by atomic mass is 9.98. The first-order valence-electron chi connectivity index (χ1n) is 16.4. The Kier molecular flexibility index (Phi) is 8.35. The van der Waals surface area contributed by atoms with E-state index in [1.54, 1.807) is 12.3 Å². The SMILES string of the molecule is CC(C)c1cc(-c2n[nH]c(=O)n2-c2ccc(N3CCN(C(=O)c4ccc(CCc5c[nH]c6nc(N)[nH]c(=O)c56)cc4)CC3)cc2)c(O)cc1O. The summed E-state index contributed by atoms with van der Waals surface area (Å²) in [7, 11) is 0. The lowest BCUT2D eigenvalue weighted by Gasteiger charge is -2.36. The van der Waals surface area contributed by atoms with Gasteiger partial charge in [-0.05, 0) is 77.9 Å². The number of carbonyl (C=O) groups is 1. The molecular formula is C36H37N9O5. The summed E-state index contributed by atoms with van der Waals surface area (Å²) in [6.45, 7) is 6.25. The quantitative estimate of drug-likeness (QED) is 0.139. The number of phenols is 2. The maximum absolute atomic E-state index is 13.3. The second kappa shape index (κ2) is 13.0. The van der Waals surface area contributed by atoms with E-state index in [4.69, 9.17) is 5.73 Å². The Hall–Kier alpha value is -6.31. The first-order valence-corrected chi connectivity index (χ1v) is 16.4. The van der Waals surface area contributed by atoms with Crippen molar-refractivity contribution in [3.63, 3.8) is 0 Å². The van der Waals surface area contributed by atoms with Crippen LogP contribution in [0.5, 0.6) is 11.5 Å². The number of hydrogen-bond acceptors (Lipinski definition) is 9. The van der Waals surface area contributed by atoms with Crippen LogP contribution in [-0.2, 0) is 12.8 Å². The molecule has 1 amide bonds. The normalized spacial score (nSPS) is 13.4. The number of benzene rings is 3. The fourth-order valence-electron chi connectivity index (χ4n) is 6.53. The first kappa shape index (κ1) is 32.2. The Bertz CT molecular complexity index is 2310. The van der Waals surface area contributed by atoms with Crippen molar-refractivity contribution in [3.8, 4) is 28.6 Å². The number of anilines is 2. The minimum Gasteiger partial charge on any atom is -0.508 e. The number of nitrogens with one attached hydrogen (secondary N) is 3. The highest BCUT2D eigenvalue weighted by Crippen LogP contribution is 2.37. The average Bonchev–Trinajstić information content (AvgIpc) is 3.70. The van der Waals surface area contributed by atoms with Crippen LogP contribution in [0.3, 0.4) is 0 Å². The molecule has 1 aliphatic heterocycles. The van der Waals surface area contributed by atoms with Gasteiger partial charge in [0.05, 0.1) is 16.6 Å². The number of aryl methyl sites for hydroxylation is 2. The molecule has 7 N–H and O–H groups in total. The largest absolute Gasteiger partial charge is 0.508 e. The van der Waals surface area contributed by atoms with Crippen LogP contribution >= 0.6 is 0 Å². The topological polar surface area (TPSA) is 202 Å². The van der Waals surface area contributed by atoms with Crippen LogP contribution in [0.4, 0.5) is 11.6 Å². The summed E-state index contributed by atoms with van der Waals surface area (Å²) in [6.07, 6.45) is 3.10. The van der Waals surface area contributed by atoms with Crippen molar-refractivity contribution in [2.24, 2.45) is 0 Å². The molecule has 0 saturated carbocycles. The van der Waals surface area contributed by atoms with E-state index in [-0.39, 0.29) is 40.7 Å². The zero-order chi connectivity index (χ0) is 35.1. The number of aromatic nitrogens is 6. The summed E-state index contributed by atoms with van der Waals surface area (Å²) < 4.78 is 1.39. The summed E-state index contributed by atoms with van der Waals surface area (Å²) in [5, 5.41) is 28.0. The van der Waals surface area contributed by atoms with E-state index < -0.39 is 5.69 Å². The lowest BCUT2D eigenvalue weighted by molar-refractivity contribution is 0.0746. The smallest absolute Gasteiger partial charge is 0.348 e. The van der Waals surface area contributed by atoms with Gasteiger partial charge in [-0.15, -0.1) is 0 Å². The van der Waals surface area contributed by atoms with Crippen LogP contribution in [-0.4, -0.2) is 76.9 Å². The standard InChI is InChI=1S/C36H37N9O5/c1-20(2)26-17-27(29(47)18-28(26)46)32-41-42-36(50)45(32)25-11-9-24(10-12-25)43-13-15-44(16-14-43)34(49)22-6-3-21(4-7-22)5-8-23-19-38-31-30(23)33(48)40-35(37)39-31/h3-4,6-7,9-12,17-20,46-47H,5,8,13-16H2,1-2H3,(H,42,50)(H4,37,38,39,40,48). The number of phenolic OH excluding ortho intramolecular Hbond substituents is 2. The van der Waals surface area contributed by atoms with Crippen LogP contribution in [0.2, 0.25) is 0 Å². The van der Waals surface area contributed by atoms with E-state index in [1.165, 1.54) is 10.6 Å². The van der Waals surface area contributed by atoms with Gasteiger partial charge in [-0.1, -0.05) is 26.0 Å². The number of hydrogen-bond donors (Lipinski definition) is 6. The third-order valence-electron chi connectivity index (χ3n) is 9.25. The zero-order valence-electron chi connectivity index (χ0n) is 27.6. The monoisotopic (exact) mass is 675 g/mol. The second-order valence-corrected chi connectivity index (χ2v) is 12.8. The molecule has 7 rings (SSSR count). The van der Waals surface area contributed by atoms with Gasteiger partial charge in [0.25, 0.3) is 11.5 Å². The number of amides is 1. The molecule has 0 spiro atoms. The lowest BCUT2D eigenvalue weighted by Crippen LogP contribution is -2.48. The number of piperazine rings is 1. The molecule has 1 fully saturated rings. The molecule has 0 aliphatic carbocycles. The molecule has 256 valence electrons. The van der Waals surface area contributed by atoms with Gasteiger partial charge in [0.1, 0.15) is 17.1 Å². The molecule has 6 aromatic rings. The van der Waals surface area contributed by atoms with Crippen LogP contribution in [0.1, 0.15) is 46.8 Å². The van der Waals surface area contributed by atoms with E-state index in [9.17, 15) is 24.6 Å². The number of nitrogens with two attached hydrogens (primary N) is 1. The van der Waals surface area contributed by atoms with Gasteiger partial charge >= 0.3 is 5.69 Å². The Balaban J connectivity index is 0.978. The Morgan fingerprint density at radius 3 is 2.32 bits per heavy atom. The number of aromatic amines is 3. The summed E-state index contributed by atoms with van der Waals surface area (Å²) in [5.74, 6) is 0.0682. The third kappa shape index (κ3) is 6.06. The summed E-state index contributed by atoms with van der Waals surface area (Å²) in [6, 6.07) is 18.0. The van der Waals surface area contributed by atoms with Crippen molar-refractivity contribution < 1.29 is 15.0 Å². The number of aromatic hydroxyl groups is 2. The highest BCUT2D eigenvalue weighted by Gasteiger charge is 2.24. The van der Waals surface area contributed by atoms with Gasteiger partial charge in [-0.2, -0.15) is 10.1 Å². The van der Waals surface area contributed by atoms with E-state index in [2.05, 4.69) is 30.0 Å². The summed E-state index contributed by atoms with van der Waals surface area (Å²) in [4.78, 5) is 52.3. The van der Waals surface area contributed by atoms with Gasteiger partial charge in [-0.3, -0.25) is 14.6 Å². The molecule has 14 nitrogen and oxygen atoms in total. The van der Waals surface area contributed by atoms with Crippen molar-refractivity contribution in [1.29, 1.82) is 0 Å². The predicted molar refractivity (Wildman–Crippen MR) is 190 cm³/mol. The molecule has 3 aromatic carbocycles. The number of carbonyl (C=O) groups excluding carboxylic acids is 1. The number of rotatable bonds is 8. The highest BCUT2D eigenvalue weighted by molar-refractivity contribution is 5.94. The van der Waals surface area contributed by atoms with Gasteiger partial charge in [-0.25, -0.2) is 14.5 Å². The average molecular weight is 676 g/mol. The van der Waals surface area contributed by atoms with E-state index in [0.717, 1.165) is 16.8 Å². The summed E-state index contributed by atoms with van der Waals surface area (Å²) in [5.41, 5.74) is 10.4. The molecule has 4 heterocycles. The molecule has 50 heavy (non-hydrogen) atoms. The number of nitrogens with zero attached hydrogens (tertiary/aromatic N) is 5. The van der Waals surface area contributed by atoms with Crippen molar-refractivity contribution in [2.45, 2.75) is 32.6 Å². The van der Waals surface area contributed by atoms with Crippen molar-refractivity contribution in [2.75, 3.05) is 36.8 Å².